The first-order chi connectivity index (χ1) is 17.2. The second-order valence-electron chi connectivity index (χ2n) is 9.94. The van der Waals surface area contributed by atoms with Gasteiger partial charge in [-0.05, 0) is 68.8 Å². The second-order valence-corrected chi connectivity index (χ2v) is 12.4. The summed E-state index contributed by atoms with van der Waals surface area (Å²) in [6, 6.07) is 17.6. The Labute approximate surface area is 218 Å². The number of nitrogens with zero attached hydrogens (tertiary/aromatic N) is 3. The van der Waals surface area contributed by atoms with Crippen molar-refractivity contribution in [2.24, 2.45) is 0 Å². The van der Waals surface area contributed by atoms with Crippen LogP contribution in [-0.2, 0) is 21.8 Å². The molecular weight excluding hydrogens is 494 g/mol. The van der Waals surface area contributed by atoms with Gasteiger partial charge in [0.2, 0.25) is 0 Å². The zero-order valence-electron chi connectivity index (χ0n) is 21.0. The maximum atomic E-state index is 12.5. The number of anilines is 1. The predicted molar refractivity (Wildman–Crippen MR) is 145 cm³/mol. The molecule has 1 aromatic heterocycles. The van der Waals surface area contributed by atoms with E-state index in [4.69, 9.17) is 21.3 Å². The number of pyridine rings is 1. The van der Waals surface area contributed by atoms with Gasteiger partial charge in [0, 0.05) is 48.4 Å². The number of likely N-dealkylation sites (N-methyl/N-ethyl adjacent to an activating group) is 1. The average Bonchev–Trinajstić information content (AvgIpc) is 2.84. The Balaban J connectivity index is 1.45. The summed E-state index contributed by atoms with van der Waals surface area (Å²) < 4.78 is 30.8. The highest BCUT2D eigenvalue weighted by molar-refractivity contribution is 7.90. The SMILES string of the molecule is CCOc1ccccc1-c1ccc2c(n1)CN(C)CC21CCN(c2ccc(Cl)cc2S(C)(=O)=O)CC1. The molecule has 3 heterocycles. The molecule has 0 saturated carbocycles. The molecule has 2 aliphatic heterocycles. The zero-order valence-corrected chi connectivity index (χ0v) is 22.6. The minimum Gasteiger partial charge on any atom is -0.493 e. The van der Waals surface area contributed by atoms with Gasteiger partial charge >= 0.3 is 0 Å². The number of fused-ring (bicyclic) bond motifs is 2. The zero-order chi connectivity index (χ0) is 25.5. The first kappa shape index (κ1) is 25.1. The first-order valence-electron chi connectivity index (χ1n) is 12.4. The van der Waals surface area contributed by atoms with Crippen molar-refractivity contribution in [1.82, 2.24) is 9.88 Å². The van der Waals surface area contributed by atoms with E-state index in [2.05, 4.69) is 35.0 Å². The summed E-state index contributed by atoms with van der Waals surface area (Å²) in [5.74, 6) is 0.851. The molecule has 2 aliphatic rings. The number of para-hydroxylation sites is 1. The molecule has 0 atom stereocenters. The highest BCUT2D eigenvalue weighted by atomic mass is 35.5. The van der Waals surface area contributed by atoms with Crippen molar-refractivity contribution in [2.45, 2.75) is 36.6 Å². The van der Waals surface area contributed by atoms with Gasteiger partial charge < -0.3 is 9.64 Å². The summed E-state index contributed by atoms with van der Waals surface area (Å²) >= 11 is 6.13. The largest absolute Gasteiger partial charge is 0.493 e. The van der Waals surface area contributed by atoms with E-state index in [9.17, 15) is 8.42 Å². The van der Waals surface area contributed by atoms with E-state index < -0.39 is 9.84 Å². The van der Waals surface area contributed by atoms with Gasteiger partial charge in [-0.3, -0.25) is 9.88 Å². The van der Waals surface area contributed by atoms with E-state index >= 15 is 0 Å². The van der Waals surface area contributed by atoms with Crippen LogP contribution >= 0.6 is 11.6 Å². The number of aromatic nitrogens is 1. The quantitative estimate of drug-likeness (QED) is 0.457. The van der Waals surface area contributed by atoms with Gasteiger partial charge in [-0.1, -0.05) is 29.8 Å². The fourth-order valence-corrected chi connectivity index (χ4v) is 6.93. The van der Waals surface area contributed by atoms with Crippen LogP contribution in [0.3, 0.4) is 0 Å². The maximum Gasteiger partial charge on any atom is 0.177 e. The summed E-state index contributed by atoms with van der Waals surface area (Å²) in [4.78, 5) is 9.97. The molecule has 1 fully saturated rings. The molecule has 0 N–H and O–H groups in total. The topological polar surface area (TPSA) is 62.7 Å². The Morgan fingerprint density at radius 2 is 1.83 bits per heavy atom. The van der Waals surface area contributed by atoms with E-state index in [0.717, 1.165) is 67.4 Å². The van der Waals surface area contributed by atoms with Crippen LogP contribution in [0, 0.1) is 0 Å². The summed E-state index contributed by atoms with van der Waals surface area (Å²) in [7, 11) is -1.24. The molecule has 8 heteroatoms. The van der Waals surface area contributed by atoms with E-state index in [1.54, 1.807) is 12.1 Å². The summed E-state index contributed by atoms with van der Waals surface area (Å²) in [5.41, 5.74) is 5.10. The number of benzene rings is 2. The van der Waals surface area contributed by atoms with Crippen LogP contribution < -0.4 is 9.64 Å². The van der Waals surface area contributed by atoms with Gasteiger partial charge in [-0.15, -0.1) is 0 Å². The molecule has 2 aromatic carbocycles. The average molecular weight is 526 g/mol. The lowest BCUT2D eigenvalue weighted by atomic mass is 9.70. The standard InChI is InChI=1S/C28H32ClN3O3S/c1-4-35-26-8-6-5-7-21(26)23-11-10-22-24(30-23)18-31(2)19-28(22)13-15-32(16-14-28)25-12-9-20(29)17-27(25)36(3,33)34/h5-12,17H,4,13-16,18-19H2,1-3H3. The van der Waals surface area contributed by atoms with Crippen LogP contribution in [0.4, 0.5) is 5.69 Å². The molecule has 1 spiro atoms. The number of sulfone groups is 1. The lowest BCUT2D eigenvalue weighted by Gasteiger charge is -2.48. The van der Waals surface area contributed by atoms with Crippen LogP contribution in [0.25, 0.3) is 11.3 Å². The van der Waals surface area contributed by atoms with Crippen molar-refractivity contribution in [3.8, 4) is 17.0 Å². The third-order valence-electron chi connectivity index (χ3n) is 7.38. The molecule has 0 amide bonds. The van der Waals surface area contributed by atoms with Crippen LogP contribution in [0.2, 0.25) is 5.02 Å². The number of rotatable bonds is 5. The summed E-state index contributed by atoms with van der Waals surface area (Å²) in [6.45, 7) is 5.91. The van der Waals surface area contributed by atoms with Crippen LogP contribution in [0.1, 0.15) is 31.0 Å². The molecule has 36 heavy (non-hydrogen) atoms. The number of hydrogen-bond donors (Lipinski definition) is 0. The van der Waals surface area contributed by atoms with Crippen molar-refractivity contribution in [2.75, 3.05) is 44.4 Å². The predicted octanol–water partition coefficient (Wildman–Crippen LogP) is 5.19. The maximum absolute atomic E-state index is 12.5. The molecule has 0 aliphatic carbocycles. The van der Waals surface area contributed by atoms with Gasteiger partial charge in [0.15, 0.2) is 9.84 Å². The third-order valence-corrected chi connectivity index (χ3v) is 8.74. The Bertz CT molecular complexity index is 1380. The van der Waals surface area contributed by atoms with E-state index in [-0.39, 0.29) is 5.41 Å². The molecule has 6 nitrogen and oxygen atoms in total. The van der Waals surface area contributed by atoms with E-state index in [1.165, 1.54) is 11.8 Å². The number of ether oxygens (including phenoxy) is 1. The molecule has 5 rings (SSSR count). The highest BCUT2D eigenvalue weighted by Gasteiger charge is 2.42. The summed E-state index contributed by atoms with van der Waals surface area (Å²) in [6.07, 6.45) is 3.09. The number of piperidine rings is 1. The Hall–Kier alpha value is -2.61. The lowest BCUT2D eigenvalue weighted by Crippen LogP contribution is -2.51. The molecule has 1 saturated heterocycles. The molecular formula is C28H32ClN3O3S. The molecule has 190 valence electrons. The summed E-state index contributed by atoms with van der Waals surface area (Å²) in [5, 5.41) is 0.434. The monoisotopic (exact) mass is 525 g/mol. The minimum absolute atomic E-state index is 0.0124. The van der Waals surface area contributed by atoms with Gasteiger partial charge in [-0.25, -0.2) is 8.42 Å². The van der Waals surface area contributed by atoms with Crippen LogP contribution in [0.5, 0.6) is 5.75 Å². The third kappa shape index (κ3) is 4.72. The normalized spacial score (nSPS) is 17.7. The van der Waals surface area contributed by atoms with Crippen molar-refractivity contribution in [3.05, 3.63) is 70.9 Å². The Kier molecular flexibility index (Phi) is 6.74. The first-order valence-corrected chi connectivity index (χ1v) is 14.6. The van der Waals surface area contributed by atoms with Crippen molar-refractivity contribution < 1.29 is 13.2 Å². The Morgan fingerprint density at radius 1 is 1.08 bits per heavy atom. The Morgan fingerprint density at radius 3 is 2.56 bits per heavy atom. The second kappa shape index (κ2) is 9.69. The van der Waals surface area contributed by atoms with E-state index in [0.29, 0.717) is 16.5 Å². The number of halogens is 1. The van der Waals surface area contributed by atoms with Gasteiger partial charge in [0.05, 0.1) is 28.6 Å². The van der Waals surface area contributed by atoms with Crippen molar-refractivity contribution >= 4 is 27.1 Å². The van der Waals surface area contributed by atoms with Gasteiger partial charge in [-0.2, -0.15) is 0 Å². The fourth-order valence-electron chi connectivity index (χ4n) is 5.78. The highest BCUT2D eigenvalue weighted by Crippen LogP contribution is 2.43. The van der Waals surface area contributed by atoms with E-state index in [1.807, 2.05) is 31.2 Å². The number of hydrogen-bond acceptors (Lipinski definition) is 6. The smallest absolute Gasteiger partial charge is 0.177 e. The molecule has 3 aromatic rings. The van der Waals surface area contributed by atoms with Crippen molar-refractivity contribution in [3.63, 3.8) is 0 Å². The van der Waals surface area contributed by atoms with Gasteiger partial charge in [0.25, 0.3) is 0 Å². The molecule has 0 radical (unpaired) electrons. The molecule has 0 unspecified atom stereocenters. The molecule has 0 bridgehead atoms. The van der Waals surface area contributed by atoms with Crippen LogP contribution in [-0.4, -0.2) is 57.8 Å². The fraction of sp³-hybridized carbons (Fsp3) is 0.393. The van der Waals surface area contributed by atoms with Crippen LogP contribution in [0.15, 0.2) is 59.5 Å². The van der Waals surface area contributed by atoms with Crippen molar-refractivity contribution in [1.29, 1.82) is 0 Å². The van der Waals surface area contributed by atoms with Gasteiger partial charge in [0.1, 0.15) is 5.75 Å². The minimum atomic E-state index is -3.39. The lowest BCUT2D eigenvalue weighted by molar-refractivity contribution is 0.178.